The summed E-state index contributed by atoms with van der Waals surface area (Å²) in [6.45, 7) is 3.51. The Morgan fingerprint density at radius 2 is 2.09 bits per heavy atom. The molecule has 0 aliphatic carbocycles. The highest BCUT2D eigenvalue weighted by Crippen LogP contribution is 2.36. The topological polar surface area (TPSA) is 74.0 Å². The van der Waals surface area contributed by atoms with Crippen molar-refractivity contribution in [3.8, 4) is 11.5 Å². The molecule has 0 radical (unpaired) electrons. The van der Waals surface area contributed by atoms with E-state index < -0.39 is 0 Å². The largest absolute Gasteiger partial charge is 0.493 e. The van der Waals surface area contributed by atoms with Gasteiger partial charge in [-0.05, 0) is 24.6 Å². The van der Waals surface area contributed by atoms with E-state index in [-0.39, 0.29) is 18.0 Å². The third kappa shape index (κ3) is 3.34. The summed E-state index contributed by atoms with van der Waals surface area (Å²) in [6.07, 6.45) is 0.351. The molecule has 22 heavy (non-hydrogen) atoms. The number of likely N-dealkylation sites (tertiary alicyclic amines) is 1. The van der Waals surface area contributed by atoms with Gasteiger partial charge in [-0.1, -0.05) is 6.07 Å². The summed E-state index contributed by atoms with van der Waals surface area (Å²) in [5, 5.41) is 0. The summed E-state index contributed by atoms with van der Waals surface area (Å²) in [6, 6.07) is 5.31. The van der Waals surface area contributed by atoms with Crippen LogP contribution in [-0.4, -0.2) is 50.8 Å². The summed E-state index contributed by atoms with van der Waals surface area (Å²) in [7, 11) is 3.22. The van der Waals surface area contributed by atoms with Gasteiger partial charge >= 0.3 is 0 Å². The Bertz CT molecular complexity index is 521. The first-order chi connectivity index (χ1) is 10.6. The lowest BCUT2D eigenvalue weighted by atomic mass is 10.00. The predicted molar refractivity (Wildman–Crippen MR) is 83.1 cm³/mol. The standard InChI is InChI=1S/C16H24N2O4/c1-4-22-13-6-5-11(9-14(13)21-3)16-12(17)10-15(19)18(16)7-8-20-2/h5-6,9,12,16H,4,7-8,10,17H2,1-3H3. The minimum absolute atomic E-state index is 0.0578. The molecule has 0 saturated carbocycles. The third-order valence-electron chi connectivity index (χ3n) is 3.84. The first-order valence-electron chi connectivity index (χ1n) is 7.47. The summed E-state index contributed by atoms with van der Waals surface area (Å²) in [5.41, 5.74) is 7.13. The Labute approximate surface area is 131 Å². The fraction of sp³-hybridized carbons (Fsp3) is 0.562. The number of hydrogen-bond acceptors (Lipinski definition) is 5. The van der Waals surface area contributed by atoms with E-state index >= 15 is 0 Å². The van der Waals surface area contributed by atoms with Gasteiger partial charge in [0.05, 0.1) is 26.4 Å². The van der Waals surface area contributed by atoms with E-state index in [0.29, 0.717) is 37.7 Å². The minimum Gasteiger partial charge on any atom is -0.493 e. The molecule has 2 rings (SSSR count). The Balaban J connectivity index is 2.29. The van der Waals surface area contributed by atoms with Gasteiger partial charge in [-0.3, -0.25) is 4.79 Å². The maximum atomic E-state index is 12.1. The van der Waals surface area contributed by atoms with Crippen LogP contribution in [0.5, 0.6) is 11.5 Å². The van der Waals surface area contributed by atoms with Crippen molar-refractivity contribution >= 4 is 5.91 Å². The fourth-order valence-corrected chi connectivity index (χ4v) is 2.84. The highest BCUT2D eigenvalue weighted by Gasteiger charge is 2.38. The molecule has 1 fully saturated rings. The first kappa shape index (κ1) is 16.6. The monoisotopic (exact) mass is 308 g/mol. The molecule has 6 nitrogen and oxygen atoms in total. The van der Waals surface area contributed by atoms with Crippen LogP contribution in [0.1, 0.15) is 24.9 Å². The molecule has 2 unspecified atom stereocenters. The molecule has 0 aromatic heterocycles. The van der Waals surface area contributed by atoms with Crippen LogP contribution in [0.25, 0.3) is 0 Å². The number of hydrogen-bond donors (Lipinski definition) is 1. The maximum Gasteiger partial charge on any atom is 0.224 e. The fourth-order valence-electron chi connectivity index (χ4n) is 2.84. The second-order valence-electron chi connectivity index (χ2n) is 5.24. The van der Waals surface area contributed by atoms with E-state index in [4.69, 9.17) is 19.9 Å². The lowest BCUT2D eigenvalue weighted by molar-refractivity contribution is -0.129. The molecular weight excluding hydrogens is 284 g/mol. The lowest BCUT2D eigenvalue weighted by Gasteiger charge is -2.27. The van der Waals surface area contributed by atoms with Crippen LogP contribution >= 0.6 is 0 Å². The first-order valence-corrected chi connectivity index (χ1v) is 7.47. The molecule has 1 aromatic carbocycles. The van der Waals surface area contributed by atoms with E-state index in [1.807, 2.05) is 25.1 Å². The van der Waals surface area contributed by atoms with Gasteiger partial charge in [-0.25, -0.2) is 0 Å². The normalized spacial score (nSPS) is 21.3. The van der Waals surface area contributed by atoms with Gasteiger partial charge in [-0.2, -0.15) is 0 Å². The minimum atomic E-state index is -0.230. The number of benzene rings is 1. The van der Waals surface area contributed by atoms with Crippen molar-refractivity contribution in [2.24, 2.45) is 5.73 Å². The molecule has 1 heterocycles. The average Bonchev–Trinajstić information content (AvgIpc) is 2.79. The molecular formula is C16H24N2O4. The molecule has 6 heteroatoms. The van der Waals surface area contributed by atoms with Gasteiger partial charge in [0, 0.05) is 26.1 Å². The van der Waals surface area contributed by atoms with Gasteiger partial charge in [0.15, 0.2) is 11.5 Å². The number of nitrogens with two attached hydrogens (primary N) is 1. The van der Waals surface area contributed by atoms with Crippen LogP contribution in [0.15, 0.2) is 18.2 Å². The second kappa shape index (κ2) is 7.47. The van der Waals surface area contributed by atoms with Crippen LogP contribution < -0.4 is 15.2 Å². The zero-order valence-electron chi connectivity index (χ0n) is 13.4. The van der Waals surface area contributed by atoms with Crippen molar-refractivity contribution in [1.29, 1.82) is 0 Å². The maximum absolute atomic E-state index is 12.1. The zero-order valence-corrected chi connectivity index (χ0v) is 13.4. The van der Waals surface area contributed by atoms with Crippen molar-refractivity contribution in [1.82, 2.24) is 4.90 Å². The van der Waals surface area contributed by atoms with Crippen LogP contribution in [0.3, 0.4) is 0 Å². The molecule has 1 aromatic rings. The summed E-state index contributed by atoms with van der Waals surface area (Å²) < 4.78 is 16.0. The van der Waals surface area contributed by atoms with E-state index in [9.17, 15) is 4.79 Å². The van der Waals surface area contributed by atoms with Gasteiger partial charge in [-0.15, -0.1) is 0 Å². The van der Waals surface area contributed by atoms with Gasteiger partial charge in [0.1, 0.15) is 0 Å². The molecule has 0 spiro atoms. The average molecular weight is 308 g/mol. The van der Waals surface area contributed by atoms with E-state index in [2.05, 4.69) is 0 Å². The molecule has 1 amide bonds. The third-order valence-corrected chi connectivity index (χ3v) is 3.84. The summed E-state index contributed by atoms with van der Waals surface area (Å²) >= 11 is 0. The molecule has 1 aliphatic rings. The molecule has 1 saturated heterocycles. The Morgan fingerprint density at radius 3 is 2.73 bits per heavy atom. The summed E-state index contributed by atoms with van der Waals surface area (Å²) in [5.74, 6) is 1.40. The number of nitrogens with zero attached hydrogens (tertiary/aromatic N) is 1. The van der Waals surface area contributed by atoms with Gasteiger partial charge < -0.3 is 24.8 Å². The molecule has 1 aliphatic heterocycles. The second-order valence-corrected chi connectivity index (χ2v) is 5.24. The highest BCUT2D eigenvalue weighted by molar-refractivity contribution is 5.80. The van der Waals surface area contributed by atoms with E-state index in [1.54, 1.807) is 19.1 Å². The lowest BCUT2D eigenvalue weighted by Crippen LogP contribution is -2.35. The Kier molecular flexibility index (Phi) is 5.63. The number of ether oxygens (including phenoxy) is 3. The van der Waals surface area contributed by atoms with Crippen molar-refractivity contribution < 1.29 is 19.0 Å². The Morgan fingerprint density at radius 1 is 1.32 bits per heavy atom. The number of amides is 1. The van der Waals surface area contributed by atoms with Crippen LogP contribution in [0.4, 0.5) is 0 Å². The Hall–Kier alpha value is -1.79. The number of carbonyl (C=O) groups is 1. The van der Waals surface area contributed by atoms with E-state index in [0.717, 1.165) is 5.56 Å². The molecule has 2 atom stereocenters. The van der Waals surface area contributed by atoms with Crippen molar-refractivity contribution in [2.75, 3.05) is 34.0 Å². The predicted octanol–water partition coefficient (Wildman–Crippen LogP) is 1.34. The molecule has 0 bridgehead atoms. The zero-order chi connectivity index (χ0) is 16.1. The van der Waals surface area contributed by atoms with Crippen molar-refractivity contribution in [3.05, 3.63) is 23.8 Å². The van der Waals surface area contributed by atoms with Crippen molar-refractivity contribution in [2.45, 2.75) is 25.4 Å². The molecule has 122 valence electrons. The van der Waals surface area contributed by atoms with Gasteiger partial charge in [0.25, 0.3) is 0 Å². The summed E-state index contributed by atoms with van der Waals surface area (Å²) in [4.78, 5) is 13.9. The van der Waals surface area contributed by atoms with Crippen LogP contribution in [0, 0.1) is 0 Å². The van der Waals surface area contributed by atoms with Gasteiger partial charge in [0.2, 0.25) is 5.91 Å². The number of methoxy groups -OCH3 is 2. The smallest absolute Gasteiger partial charge is 0.224 e. The SMILES string of the molecule is CCOc1ccc(C2C(N)CC(=O)N2CCOC)cc1OC. The molecule has 2 N–H and O–H groups in total. The van der Waals surface area contributed by atoms with Crippen LogP contribution in [0.2, 0.25) is 0 Å². The highest BCUT2D eigenvalue weighted by atomic mass is 16.5. The number of carbonyl (C=O) groups excluding carboxylic acids is 1. The number of rotatable bonds is 7. The van der Waals surface area contributed by atoms with E-state index in [1.165, 1.54) is 0 Å². The quantitative estimate of drug-likeness (QED) is 0.823. The van der Waals surface area contributed by atoms with Crippen LogP contribution in [-0.2, 0) is 9.53 Å². The van der Waals surface area contributed by atoms with Crippen molar-refractivity contribution in [3.63, 3.8) is 0 Å².